The third-order valence-corrected chi connectivity index (χ3v) is 6.09. The molecular formula is C18H13FN2O4S. The van der Waals surface area contributed by atoms with Crippen molar-refractivity contribution >= 4 is 15.8 Å². The highest BCUT2D eigenvalue weighted by Gasteiger charge is 2.36. The standard InChI is InChI=1S/C18H13FN2O4S/c1-10-6-7-11(19)8-14(10)21-17-12-4-2-3-5-15(12)26(24,25)9-13(17)16(20-21)18(22)23/h2-8H,9H2,1H3,(H,22,23). The summed E-state index contributed by atoms with van der Waals surface area (Å²) < 4.78 is 40.3. The van der Waals surface area contributed by atoms with E-state index in [0.29, 0.717) is 22.5 Å². The molecule has 0 spiro atoms. The Morgan fingerprint density at radius 3 is 2.69 bits per heavy atom. The number of halogens is 1. The van der Waals surface area contributed by atoms with E-state index in [2.05, 4.69) is 5.10 Å². The van der Waals surface area contributed by atoms with Gasteiger partial charge in [0.15, 0.2) is 15.5 Å². The minimum atomic E-state index is -3.69. The second kappa shape index (κ2) is 5.50. The van der Waals surface area contributed by atoms with Crippen molar-refractivity contribution in [1.82, 2.24) is 9.78 Å². The number of carbonyl (C=O) groups is 1. The summed E-state index contributed by atoms with van der Waals surface area (Å²) in [7, 11) is -3.69. The summed E-state index contributed by atoms with van der Waals surface area (Å²) in [5.74, 6) is -2.29. The topological polar surface area (TPSA) is 89.3 Å². The number of hydrogen-bond donors (Lipinski definition) is 1. The van der Waals surface area contributed by atoms with Crippen LogP contribution in [-0.2, 0) is 15.6 Å². The smallest absolute Gasteiger partial charge is 0.356 e. The molecule has 1 aromatic heterocycles. The summed E-state index contributed by atoms with van der Waals surface area (Å²) in [4.78, 5) is 11.8. The van der Waals surface area contributed by atoms with E-state index in [0.717, 1.165) is 0 Å². The molecule has 3 aromatic rings. The molecule has 1 aliphatic heterocycles. The number of carboxylic acid groups (broad SMARTS) is 1. The van der Waals surface area contributed by atoms with Crippen LogP contribution in [0, 0.1) is 12.7 Å². The van der Waals surface area contributed by atoms with Crippen molar-refractivity contribution in [2.75, 3.05) is 0 Å². The van der Waals surface area contributed by atoms with Gasteiger partial charge in [0.1, 0.15) is 5.82 Å². The maximum atomic E-state index is 13.8. The molecule has 0 bridgehead atoms. The summed E-state index contributed by atoms with van der Waals surface area (Å²) in [5.41, 5.74) is 1.53. The molecule has 1 N–H and O–H groups in total. The van der Waals surface area contributed by atoms with Gasteiger partial charge in [0.25, 0.3) is 0 Å². The van der Waals surface area contributed by atoms with Crippen molar-refractivity contribution in [3.63, 3.8) is 0 Å². The first kappa shape index (κ1) is 16.5. The lowest BCUT2D eigenvalue weighted by molar-refractivity contribution is 0.0689. The van der Waals surface area contributed by atoms with E-state index >= 15 is 0 Å². The minimum absolute atomic E-state index is 0.111. The second-order valence-electron chi connectivity index (χ2n) is 6.08. The van der Waals surface area contributed by atoms with Crippen molar-refractivity contribution in [1.29, 1.82) is 0 Å². The fraction of sp³-hybridized carbons (Fsp3) is 0.111. The summed E-state index contributed by atoms with van der Waals surface area (Å²) in [6, 6.07) is 10.5. The van der Waals surface area contributed by atoms with Crippen molar-refractivity contribution in [2.45, 2.75) is 17.6 Å². The van der Waals surface area contributed by atoms with Crippen LogP contribution in [-0.4, -0.2) is 29.3 Å². The molecule has 132 valence electrons. The highest BCUT2D eigenvalue weighted by Crippen LogP contribution is 2.40. The van der Waals surface area contributed by atoms with Gasteiger partial charge in [0.05, 0.1) is 22.0 Å². The zero-order chi connectivity index (χ0) is 18.6. The number of carboxylic acids is 1. The fourth-order valence-electron chi connectivity index (χ4n) is 3.22. The molecule has 0 amide bonds. The van der Waals surface area contributed by atoms with Crippen molar-refractivity contribution in [3.05, 3.63) is 65.1 Å². The van der Waals surface area contributed by atoms with Gasteiger partial charge in [0, 0.05) is 11.1 Å². The van der Waals surface area contributed by atoms with Crippen LogP contribution in [0.4, 0.5) is 4.39 Å². The number of aromatic carboxylic acids is 1. The van der Waals surface area contributed by atoms with Gasteiger partial charge in [0.2, 0.25) is 0 Å². The Morgan fingerprint density at radius 1 is 1.23 bits per heavy atom. The molecule has 0 unspecified atom stereocenters. The maximum absolute atomic E-state index is 13.8. The molecule has 1 aliphatic rings. The molecule has 0 aliphatic carbocycles. The zero-order valence-corrected chi connectivity index (χ0v) is 14.4. The lowest BCUT2D eigenvalue weighted by atomic mass is 10.1. The molecule has 2 heterocycles. The monoisotopic (exact) mass is 372 g/mol. The quantitative estimate of drug-likeness (QED) is 0.747. The Kier molecular flexibility index (Phi) is 3.48. The molecule has 4 rings (SSSR count). The van der Waals surface area contributed by atoms with Crippen LogP contribution in [0.15, 0.2) is 47.4 Å². The first-order valence-electron chi connectivity index (χ1n) is 7.73. The van der Waals surface area contributed by atoms with Crippen LogP contribution in [0.2, 0.25) is 0 Å². The lowest BCUT2D eigenvalue weighted by Crippen LogP contribution is -2.15. The van der Waals surface area contributed by atoms with Gasteiger partial charge in [-0.05, 0) is 30.7 Å². The minimum Gasteiger partial charge on any atom is -0.476 e. The molecule has 2 aromatic carbocycles. The van der Waals surface area contributed by atoms with Gasteiger partial charge >= 0.3 is 5.97 Å². The van der Waals surface area contributed by atoms with Crippen LogP contribution < -0.4 is 0 Å². The molecule has 0 fully saturated rings. The molecule has 6 nitrogen and oxygen atoms in total. The predicted octanol–water partition coefficient (Wildman–Crippen LogP) is 2.97. The predicted molar refractivity (Wildman–Crippen MR) is 91.5 cm³/mol. The Labute approximate surface area is 148 Å². The summed E-state index contributed by atoms with van der Waals surface area (Å²) >= 11 is 0. The van der Waals surface area contributed by atoms with Crippen LogP contribution >= 0.6 is 0 Å². The van der Waals surface area contributed by atoms with Gasteiger partial charge in [-0.25, -0.2) is 22.3 Å². The van der Waals surface area contributed by atoms with Crippen LogP contribution in [0.3, 0.4) is 0 Å². The fourth-order valence-corrected chi connectivity index (χ4v) is 4.82. The van der Waals surface area contributed by atoms with E-state index in [-0.39, 0.29) is 16.2 Å². The first-order chi connectivity index (χ1) is 12.3. The van der Waals surface area contributed by atoms with Crippen LogP contribution in [0.1, 0.15) is 21.6 Å². The largest absolute Gasteiger partial charge is 0.476 e. The van der Waals surface area contributed by atoms with Gasteiger partial charge in [-0.15, -0.1) is 0 Å². The number of sulfone groups is 1. The Morgan fingerprint density at radius 2 is 1.96 bits per heavy atom. The average Bonchev–Trinajstić information content (AvgIpc) is 2.96. The molecule has 0 saturated heterocycles. The Hall–Kier alpha value is -3.00. The molecule has 0 radical (unpaired) electrons. The van der Waals surface area contributed by atoms with E-state index in [1.807, 2.05) is 0 Å². The second-order valence-corrected chi connectivity index (χ2v) is 8.04. The zero-order valence-electron chi connectivity index (χ0n) is 13.6. The Bertz CT molecular complexity index is 1180. The molecule has 26 heavy (non-hydrogen) atoms. The van der Waals surface area contributed by atoms with Crippen molar-refractivity contribution in [3.8, 4) is 16.9 Å². The van der Waals surface area contributed by atoms with Crippen LogP contribution in [0.25, 0.3) is 16.9 Å². The normalized spacial score (nSPS) is 14.5. The lowest BCUT2D eigenvalue weighted by Gasteiger charge is -2.19. The van der Waals surface area contributed by atoms with Crippen molar-refractivity contribution in [2.24, 2.45) is 0 Å². The number of nitrogens with zero attached hydrogens (tertiary/aromatic N) is 2. The summed E-state index contributed by atoms with van der Waals surface area (Å²) in [6.45, 7) is 1.74. The van der Waals surface area contributed by atoms with Gasteiger partial charge in [-0.2, -0.15) is 5.10 Å². The van der Waals surface area contributed by atoms with E-state index < -0.39 is 27.4 Å². The number of benzene rings is 2. The van der Waals surface area contributed by atoms with Gasteiger partial charge in [-0.1, -0.05) is 24.3 Å². The summed E-state index contributed by atoms with van der Waals surface area (Å²) in [6.07, 6.45) is 0. The maximum Gasteiger partial charge on any atom is 0.356 e. The van der Waals surface area contributed by atoms with E-state index in [9.17, 15) is 22.7 Å². The number of aromatic nitrogens is 2. The summed E-state index contributed by atoms with van der Waals surface area (Å²) in [5, 5.41) is 13.6. The number of aryl methyl sites for hydroxylation is 1. The number of hydrogen-bond acceptors (Lipinski definition) is 4. The Balaban J connectivity index is 2.13. The van der Waals surface area contributed by atoms with Crippen LogP contribution in [0.5, 0.6) is 0 Å². The third-order valence-electron chi connectivity index (χ3n) is 4.40. The van der Waals surface area contributed by atoms with Gasteiger partial charge < -0.3 is 5.11 Å². The average molecular weight is 372 g/mol. The first-order valence-corrected chi connectivity index (χ1v) is 9.38. The number of fused-ring (bicyclic) bond motifs is 3. The van der Waals surface area contributed by atoms with E-state index in [4.69, 9.17) is 0 Å². The number of rotatable bonds is 2. The molecule has 0 atom stereocenters. The highest BCUT2D eigenvalue weighted by atomic mass is 32.2. The highest BCUT2D eigenvalue weighted by molar-refractivity contribution is 7.90. The van der Waals surface area contributed by atoms with E-state index in [1.165, 1.54) is 22.9 Å². The van der Waals surface area contributed by atoms with E-state index in [1.54, 1.807) is 31.2 Å². The third kappa shape index (κ3) is 2.33. The molecular weight excluding hydrogens is 359 g/mol. The van der Waals surface area contributed by atoms with Gasteiger partial charge in [-0.3, -0.25) is 0 Å². The van der Waals surface area contributed by atoms with Crippen molar-refractivity contribution < 1.29 is 22.7 Å². The molecule has 0 saturated carbocycles. The SMILES string of the molecule is Cc1ccc(F)cc1-n1nc(C(=O)O)c2c1-c1ccccc1S(=O)(=O)C2. The molecule has 8 heteroatoms.